The topological polar surface area (TPSA) is 200 Å². The van der Waals surface area contributed by atoms with Crippen LogP contribution in [0.1, 0.15) is 78.6 Å². The number of amides is 4. The Morgan fingerprint density at radius 1 is 1.07 bits per heavy atom. The van der Waals surface area contributed by atoms with E-state index in [0.29, 0.717) is 49.1 Å². The summed E-state index contributed by atoms with van der Waals surface area (Å²) >= 11 is 0. The largest absolute Gasteiger partial charge is 0.497 e. The van der Waals surface area contributed by atoms with Gasteiger partial charge in [-0.15, -0.1) is 0 Å². The van der Waals surface area contributed by atoms with Gasteiger partial charge in [0.25, 0.3) is 5.91 Å². The Bertz CT molecular complexity index is 2130. The van der Waals surface area contributed by atoms with E-state index in [2.05, 4.69) is 20.5 Å². The number of nitrogens with one attached hydrogen (secondary N) is 3. The summed E-state index contributed by atoms with van der Waals surface area (Å²) in [6.45, 7) is 5.13. The highest BCUT2D eigenvalue weighted by molar-refractivity contribution is 7.91. The summed E-state index contributed by atoms with van der Waals surface area (Å²) in [6, 6.07) is 6.87. The third kappa shape index (κ3) is 8.61. The number of benzene rings is 1. The van der Waals surface area contributed by atoms with Gasteiger partial charge in [0, 0.05) is 30.1 Å². The van der Waals surface area contributed by atoms with Gasteiger partial charge in [-0.2, -0.15) is 10.1 Å². The summed E-state index contributed by atoms with van der Waals surface area (Å²) in [5.41, 5.74) is -2.34. The maximum atomic E-state index is 14.6. The van der Waals surface area contributed by atoms with E-state index in [1.54, 1.807) is 57.1 Å². The summed E-state index contributed by atoms with van der Waals surface area (Å²) in [7, 11) is -2.34. The molecule has 3 aromatic rings. The number of allylic oxidation sites excluding steroid dienone is 1. The second-order valence-electron chi connectivity index (χ2n) is 16.0. The molecular formula is C39H49N7O9S. The van der Waals surface area contributed by atoms with Crippen molar-refractivity contribution in [2.45, 2.75) is 113 Å². The maximum absolute atomic E-state index is 14.6. The minimum atomic E-state index is -3.91. The van der Waals surface area contributed by atoms with E-state index >= 15 is 0 Å². The van der Waals surface area contributed by atoms with Gasteiger partial charge < -0.3 is 29.7 Å². The van der Waals surface area contributed by atoms with Gasteiger partial charge in [-0.3, -0.25) is 19.1 Å². The minimum absolute atomic E-state index is 0.0145. The smallest absolute Gasteiger partial charge is 0.408 e. The van der Waals surface area contributed by atoms with Crippen molar-refractivity contribution in [2.75, 3.05) is 13.7 Å². The fourth-order valence-corrected chi connectivity index (χ4v) is 8.75. The SMILES string of the molecule is COc1ccc2c(OC3C[C@H]4C(=O)N[C@]5(C(=O)NS(=O)(=O)C6CC6)CC5/C=C\CCCCC[C@H](NC(=O)OC(C)(C)C)C(=O)N4C3)nc(-n3cccn3)cc2c1. The van der Waals surface area contributed by atoms with Crippen molar-refractivity contribution in [1.82, 2.24) is 35.0 Å². The molecule has 0 spiro atoms. The number of rotatable bonds is 8. The van der Waals surface area contributed by atoms with Crippen LogP contribution < -0.4 is 24.8 Å². The van der Waals surface area contributed by atoms with Crippen LogP contribution in [0, 0.1) is 5.92 Å². The van der Waals surface area contributed by atoms with E-state index < -0.39 is 74.3 Å². The number of methoxy groups -OCH3 is 1. The Labute approximate surface area is 325 Å². The quantitative estimate of drug-likeness (QED) is 0.281. The lowest BCUT2D eigenvalue weighted by Crippen LogP contribution is -2.58. The zero-order valence-corrected chi connectivity index (χ0v) is 32.8. The molecule has 1 aromatic carbocycles. The predicted octanol–water partition coefficient (Wildman–Crippen LogP) is 3.67. The van der Waals surface area contributed by atoms with Gasteiger partial charge in [0.2, 0.25) is 27.7 Å². The lowest BCUT2D eigenvalue weighted by molar-refractivity contribution is -0.141. The van der Waals surface area contributed by atoms with Crippen molar-refractivity contribution in [3.8, 4) is 17.4 Å². The lowest BCUT2D eigenvalue weighted by Gasteiger charge is -2.30. The molecule has 2 saturated carbocycles. The first-order valence-electron chi connectivity index (χ1n) is 19.2. The number of pyridine rings is 1. The molecule has 0 radical (unpaired) electrons. The normalized spacial score (nSPS) is 26.5. The molecule has 4 heterocycles. The zero-order chi connectivity index (χ0) is 39.8. The van der Waals surface area contributed by atoms with Gasteiger partial charge in [-0.1, -0.05) is 25.0 Å². The standard InChI is InChI=1S/C39H49N7O9S/c1-38(2,3)55-37(50)41-30-12-9-7-5-6-8-11-25-22-39(25,36(49)44-56(51,52)28-14-15-28)43-33(47)31-21-27(23-45(31)35(30)48)54-34-29-16-13-26(53-4)19-24(29)20-32(42-34)46-18-10-17-40-46/h8,10-11,13,16-20,25,27-28,30-31H,5-7,9,12,14-15,21-23H2,1-4H3,(H,41,50)(H,43,47)(H,44,49)/b11-8-/t25?,27?,30-,31-,39+/m0/s1. The van der Waals surface area contributed by atoms with Crippen LogP contribution in [0.25, 0.3) is 16.6 Å². The number of alkyl carbamates (subject to hydrolysis) is 1. The van der Waals surface area contributed by atoms with E-state index in [1.807, 2.05) is 30.4 Å². The van der Waals surface area contributed by atoms with Gasteiger partial charge in [-0.25, -0.2) is 17.9 Å². The number of sulfonamides is 1. The monoisotopic (exact) mass is 791 g/mol. The molecule has 300 valence electrons. The van der Waals surface area contributed by atoms with Crippen molar-refractivity contribution in [2.24, 2.45) is 5.92 Å². The summed E-state index contributed by atoms with van der Waals surface area (Å²) in [6.07, 6.45) is 9.93. The molecule has 4 aliphatic rings. The molecule has 2 aliphatic heterocycles. The first kappa shape index (κ1) is 39.1. The molecular weight excluding hydrogens is 743 g/mol. The third-order valence-corrected chi connectivity index (χ3v) is 12.4. The molecule has 5 atom stereocenters. The number of aromatic nitrogens is 3. The van der Waals surface area contributed by atoms with E-state index in [4.69, 9.17) is 19.2 Å². The molecule has 3 fully saturated rings. The van der Waals surface area contributed by atoms with Crippen LogP contribution in [-0.4, -0.2) is 100 Å². The first-order valence-corrected chi connectivity index (χ1v) is 20.7. The fourth-order valence-electron chi connectivity index (χ4n) is 7.38. The highest BCUT2D eigenvalue weighted by Gasteiger charge is 2.62. The lowest BCUT2D eigenvalue weighted by atomic mass is 10.0. The van der Waals surface area contributed by atoms with Crippen LogP contribution in [-0.2, 0) is 29.1 Å². The fraction of sp³-hybridized carbons (Fsp3) is 0.538. The summed E-state index contributed by atoms with van der Waals surface area (Å²) in [5, 5.41) is 10.7. The van der Waals surface area contributed by atoms with E-state index in [-0.39, 0.29) is 25.3 Å². The highest BCUT2D eigenvalue weighted by Crippen LogP contribution is 2.46. The molecule has 7 rings (SSSR count). The minimum Gasteiger partial charge on any atom is -0.497 e. The summed E-state index contributed by atoms with van der Waals surface area (Å²) < 4.78 is 47.1. The molecule has 0 bridgehead atoms. The summed E-state index contributed by atoms with van der Waals surface area (Å²) in [5.74, 6) is -1.06. The Balaban J connectivity index is 1.22. The van der Waals surface area contributed by atoms with Crippen molar-refractivity contribution in [3.05, 3.63) is 54.9 Å². The number of ether oxygens (including phenoxy) is 3. The highest BCUT2D eigenvalue weighted by atomic mass is 32.2. The molecule has 2 aliphatic carbocycles. The van der Waals surface area contributed by atoms with Gasteiger partial charge in [0.15, 0.2) is 5.82 Å². The van der Waals surface area contributed by atoms with Gasteiger partial charge >= 0.3 is 6.09 Å². The van der Waals surface area contributed by atoms with Crippen molar-refractivity contribution < 1.29 is 41.8 Å². The van der Waals surface area contributed by atoms with E-state index in [0.717, 1.165) is 18.2 Å². The van der Waals surface area contributed by atoms with Crippen LogP contribution in [0.4, 0.5) is 4.79 Å². The molecule has 3 N–H and O–H groups in total. The molecule has 56 heavy (non-hydrogen) atoms. The summed E-state index contributed by atoms with van der Waals surface area (Å²) in [4.78, 5) is 62.0. The van der Waals surface area contributed by atoms with Crippen LogP contribution in [0.3, 0.4) is 0 Å². The second-order valence-corrected chi connectivity index (χ2v) is 18.0. The Kier molecular flexibility index (Phi) is 10.7. The number of hydrogen-bond donors (Lipinski definition) is 3. The molecule has 4 amide bonds. The number of carbonyl (C=O) groups is 4. The molecule has 16 nitrogen and oxygen atoms in total. The molecule has 17 heteroatoms. The van der Waals surface area contributed by atoms with Gasteiger partial charge in [0.05, 0.1) is 18.9 Å². The molecule has 2 unspecified atom stereocenters. The third-order valence-electron chi connectivity index (χ3n) is 10.5. The molecule has 1 saturated heterocycles. The van der Waals surface area contributed by atoms with E-state index in [1.165, 1.54) is 4.90 Å². The van der Waals surface area contributed by atoms with Crippen LogP contribution in [0.5, 0.6) is 11.6 Å². The Morgan fingerprint density at radius 3 is 2.59 bits per heavy atom. The number of carbonyl (C=O) groups excluding carboxylic acids is 4. The van der Waals surface area contributed by atoms with Crippen molar-refractivity contribution in [1.29, 1.82) is 0 Å². The van der Waals surface area contributed by atoms with E-state index in [9.17, 15) is 27.6 Å². The Morgan fingerprint density at radius 2 is 1.88 bits per heavy atom. The first-order chi connectivity index (χ1) is 26.7. The predicted molar refractivity (Wildman–Crippen MR) is 204 cm³/mol. The number of nitrogens with zero attached hydrogens (tertiary/aromatic N) is 4. The zero-order valence-electron chi connectivity index (χ0n) is 32.0. The van der Waals surface area contributed by atoms with Crippen LogP contribution in [0.15, 0.2) is 54.9 Å². The second kappa shape index (κ2) is 15.4. The average Bonchev–Trinajstić information content (AvgIpc) is 4.00. The van der Waals surface area contributed by atoms with Gasteiger partial charge in [0.1, 0.15) is 35.1 Å². The van der Waals surface area contributed by atoms with Crippen LogP contribution >= 0.6 is 0 Å². The number of fused-ring (bicyclic) bond motifs is 3. The molecule has 2 aromatic heterocycles. The maximum Gasteiger partial charge on any atom is 0.408 e. The van der Waals surface area contributed by atoms with Crippen molar-refractivity contribution >= 4 is 44.6 Å². The van der Waals surface area contributed by atoms with Gasteiger partial charge in [-0.05, 0) is 95.0 Å². The number of hydrogen-bond acceptors (Lipinski definition) is 11. The average molecular weight is 792 g/mol. The van der Waals surface area contributed by atoms with Crippen LogP contribution in [0.2, 0.25) is 0 Å². The Hall–Kier alpha value is -5.19. The van der Waals surface area contributed by atoms with Crippen molar-refractivity contribution in [3.63, 3.8) is 0 Å².